The number of allylic oxidation sites excluding steroid dienone is 2. The Labute approximate surface area is 284 Å². The molecule has 0 saturated heterocycles. The average molecular weight is 643 g/mol. The number of hydrogen-bond acceptors (Lipinski definition) is 3. The van der Waals surface area contributed by atoms with Crippen LogP contribution >= 0.6 is 11.3 Å². The molecule has 6 aromatic carbocycles. The van der Waals surface area contributed by atoms with Crippen molar-refractivity contribution in [1.82, 2.24) is 8.97 Å². The Morgan fingerprint density at radius 1 is 0.612 bits per heavy atom. The van der Waals surface area contributed by atoms with Gasteiger partial charge in [0.15, 0.2) is 5.82 Å². The van der Waals surface area contributed by atoms with Crippen molar-refractivity contribution in [3.63, 3.8) is 0 Å². The van der Waals surface area contributed by atoms with Crippen LogP contribution < -0.4 is 5.32 Å². The number of nitrogens with zero attached hydrogens (tertiary/aromatic N) is 3. The van der Waals surface area contributed by atoms with E-state index in [4.69, 9.17) is 4.99 Å². The summed E-state index contributed by atoms with van der Waals surface area (Å²) in [5.41, 5.74) is 10.6. The molecule has 2 aliphatic rings. The lowest BCUT2D eigenvalue weighted by molar-refractivity contribution is 1.11. The van der Waals surface area contributed by atoms with Gasteiger partial charge in [-0.25, -0.2) is 4.99 Å². The third-order valence-electron chi connectivity index (χ3n) is 10.6. The maximum Gasteiger partial charge on any atom is 0.162 e. The van der Waals surface area contributed by atoms with Crippen molar-refractivity contribution in [2.24, 2.45) is 4.99 Å². The number of para-hydroxylation sites is 2. The van der Waals surface area contributed by atoms with Crippen LogP contribution in [-0.2, 0) is 0 Å². The highest BCUT2D eigenvalue weighted by Gasteiger charge is 2.30. The van der Waals surface area contributed by atoms with Crippen LogP contribution in [0, 0.1) is 0 Å². The Hall–Kier alpha value is -6.17. The van der Waals surface area contributed by atoms with Gasteiger partial charge in [-0.1, -0.05) is 91.0 Å². The Bertz CT molecular complexity index is 3130. The van der Waals surface area contributed by atoms with Crippen molar-refractivity contribution in [1.29, 1.82) is 0 Å². The van der Waals surface area contributed by atoms with E-state index in [-0.39, 0.29) is 6.04 Å². The molecule has 1 aliphatic carbocycles. The number of aliphatic imine (C=N–C) groups is 1. The van der Waals surface area contributed by atoms with E-state index in [2.05, 4.69) is 160 Å². The molecule has 0 fully saturated rings. The van der Waals surface area contributed by atoms with Crippen molar-refractivity contribution in [3.8, 4) is 16.8 Å². The monoisotopic (exact) mass is 642 g/mol. The lowest BCUT2D eigenvalue weighted by atomic mass is 9.99. The molecule has 1 N–H and O–H groups in total. The van der Waals surface area contributed by atoms with Gasteiger partial charge in [-0.15, -0.1) is 11.3 Å². The summed E-state index contributed by atoms with van der Waals surface area (Å²) in [7, 11) is 0. The third kappa shape index (κ3) is 3.35. The van der Waals surface area contributed by atoms with Gasteiger partial charge >= 0.3 is 0 Å². The quantitative estimate of drug-likeness (QED) is 0.200. The molecule has 49 heavy (non-hydrogen) atoms. The number of nitrogens with one attached hydrogen (secondary N) is 1. The highest BCUT2D eigenvalue weighted by atomic mass is 32.1. The van der Waals surface area contributed by atoms with Gasteiger partial charge in [0.05, 0.1) is 39.5 Å². The molecule has 12 rings (SSSR count). The summed E-state index contributed by atoms with van der Waals surface area (Å²) in [6.45, 7) is 0. The number of rotatable bonds is 2. The fourth-order valence-electron chi connectivity index (χ4n) is 8.50. The standard InChI is InChI=1S/C44H26N4S/c1-2-10-27(11-3-1)47-36-16-8-4-12-28(36)29-20-18-26(23-38(29)47)25-19-21-37-31(22-25)32-24-33-30-13-5-9-17-39(30)49-43(33)40-41-44(48(37)42(32)40)46-35-15-7-6-14-34(35)45-41/h1-24,34,45H. The van der Waals surface area contributed by atoms with Gasteiger partial charge in [0, 0.05) is 52.8 Å². The van der Waals surface area contributed by atoms with Gasteiger partial charge < -0.3 is 9.88 Å². The first-order valence-electron chi connectivity index (χ1n) is 16.8. The van der Waals surface area contributed by atoms with Crippen molar-refractivity contribution in [3.05, 3.63) is 146 Å². The topological polar surface area (TPSA) is 33.7 Å². The number of thiophene rings is 1. The van der Waals surface area contributed by atoms with E-state index in [0.29, 0.717) is 0 Å². The van der Waals surface area contributed by atoms with Gasteiger partial charge in [0.2, 0.25) is 0 Å². The Morgan fingerprint density at radius 3 is 2.35 bits per heavy atom. The van der Waals surface area contributed by atoms with Gasteiger partial charge in [-0.3, -0.25) is 4.40 Å². The van der Waals surface area contributed by atoms with Crippen LogP contribution in [-0.4, -0.2) is 20.7 Å². The minimum absolute atomic E-state index is 0.0762. The molecule has 0 bridgehead atoms. The third-order valence-corrected chi connectivity index (χ3v) is 11.8. The molecule has 1 aliphatic heterocycles. The van der Waals surface area contributed by atoms with Gasteiger partial charge in [0.25, 0.3) is 0 Å². The van der Waals surface area contributed by atoms with E-state index in [9.17, 15) is 0 Å². The number of fused-ring (bicyclic) bond motifs is 14. The first-order chi connectivity index (χ1) is 24.3. The van der Waals surface area contributed by atoms with Crippen LogP contribution in [0.25, 0.3) is 86.0 Å². The van der Waals surface area contributed by atoms with Crippen LogP contribution in [0.1, 0.15) is 0 Å². The van der Waals surface area contributed by atoms with Gasteiger partial charge in [-0.2, -0.15) is 0 Å². The predicted molar refractivity (Wildman–Crippen MR) is 209 cm³/mol. The van der Waals surface area contributed by atoms with Crippen molar-refractivity contribution in [2.75, 3.05) is 5.32 Å². The largest absolute Gasteiger partial charge is 0.370 e. The average Bonchev–Trinajstić information content (AvgIpc) is 3.88. The van der Waals surface area contributed by atoms with Crippen molar-refractivity contribution in [2.45, 2.75) is 6.04 Å². The molecule has 0 spiro atoms. The van der Waals surface area contributed by atoms with E-state index in [1.54, 1.807) is 0 Å². The summed E-state index contributed by atoms with van der Waals surface area (Å²) in [6.07, 6.45) is 8.53. The number of hydrogen-bond donors (Lipinski definition) is 1. The molecular weight excluding hydrogens is 617 g/mol. The molecule has 0 amide bonds. The maximum absolute atomic E-state index is 5.32. The number of anilines is 1. The van der Waals surface area contributed by atoms with E-state index in [1.165, 1.54) is 86.0 Å². The van der Waals surface area contributed by atoms with Crippen molar-refractivity contribution < 1.29 is 0 Å². The first-order valence-corrected chi connectivity index (χ1v) is 17.6. The number of benzene rings is 6. The fourth-order valence-corrected chi connectivity index (χ4v) is 9.73. The summed E-state index contributed by atoms with van der Waals surface area (Å²) in [5.74, 6) is 0.993. The summed E-state index contributed by atoms with van der Waals surface area (Å²) in [4.78, 5) is 5.32. The second-order valence-electron chi connectivity index (χ2n) is 13.2. The normalized spacial score (nSPS) is 15.7. The Kier molecular flexibility index (Phi) is 4.88. The molecule has 4 aromatic heterocycles. The lowest BCUT2D eigenvalue weighted by Crippen LogP contribution is -2.29. The SMILES string of the molecule is C1=CC2=Nc3c(c4c5sc6ccccc6c5cc5c6cc(-c7ccc8c9ccccc9n(-c9ccccc9)c8c7)ccc6n3c54)NC2C=C1. The molecule has 1 atom stereocenters. The highest BCUT2D eigenvalue weighted by Crippen LogP contribution is 2.52. The molecule has 5 heterocycles. The Morgan fingerprint density at radius 2 is 1.41 bits per heavy atom. The van der Waals surface area contributed by atoms with Crippen LogP contribution in [0.5, 0.6) is 0 Å². The highest BCUT2D eigenvalue weighted by molar-refractivity contribution is 7.26. The molecule has 0 saturated carbocycles. The first kappa shape index (κ1) is 25.9. The molecule has 1 unspecified atom stereocenters. The van der Waals surface area contributed by atoms with E-state index >= 15 is 0 Å². The van der Waals surface area contributed by atoms with Crippen LogP contribution in [0.3, 0.4) is 0 Å². The zero-order chi connectivity index (χ0) is 31.8. The summed E-state index contributed by atoms with van der Waals surface area (Å²) < 4.78 is 7.44. The molecule has 5 heteroatoms. The van der Waals surface area contributed by atoms with E-state index in [1.807, 2.05) is 11.3 Å². The molecule has 0 radical (unpaired) electrons. The van der Waals surface area contributed by atoms with Crippen LogP contribution in [0.4, 0.5) is 11.5 Å². The zero-order valence-electron chi connectivity index (χ0n) is 26.2. The fraction of sp³-hybridized carbons (Fsp3) is 0.0227. The van der Waals surface area contributed by atoms with Gasteiger partial charge in [0.1, 0.15) is 0 Å². The Balaban J connectivity index is 1.16. The molecule has 228 valence electrons. The van der Waals surface area contributed by atoms with Crippen LogP contribution in [0.2, 0.25) is 0 Å². The second kappa shape index (κ2) is 9.25. The lowest BCUT2D eigenvalue weighted by Gasteiger charge is -2.23. The maximum atomic E-state index is 5.32. The van der Waals surface area contributed by atoms with E-state index < -0.39 is 0 Å². The predicted octanol–water partition coefficient (Wildman–Crippen LogP) is 11.8. The second-order valence-corrected chi connectivity index (χ2v) is 14.3. The number of aromatic nitrogens is 2. The minimum atomic E-state index is 0.0762. The summed E-state index contributed by atoms with van der Waals surface area (Å²) >= 11 is 1.89. The summed E-state index contributed by atoms with van der Waals surface area (Å²) in [5, 5.41) is 12.8. The summed E-state index contributed by atoms with van der Waals surface area (Å²) in [6, 6.07) is 44.7. The van der Waals surface area contributed by atoms with E-state index in [0.717, 1.165) is 17.2 Å². The smallest absolute Gasteiger partial charge is 0.162 e. The molecule has 4 nitrogen and oxygen atoms in total. The molecular formula is C44H26N4S. The molecule has 10 aromatic rings. The van der Waals surface area contributed by atoms with Crippen molar-refractivity contribution >= 4 is 97.7 Å². The van der Waals surface area contributed by atoms with Crippen LogP contribution in [0.15, 0.2) is 151 Å². The van der Waals surface area contributed by atoms with Gasteiger partial charge in [-0.05, 0) is 65.7 Å². The zero-order valence-corrected chi connectivity index (χ0v) is 27.0. The minimum Gasteiger partial charge on any atom is -0.370 e.